The fraction of sp³-hybridized carbons (Fsp3) is 0.400. The van der Waals surface area contributed by atoms with Crippen LogP contribution < -0.4 is 5.32 Å². The van der Waals surface area contributed by atoms with Crippen LogP contribution in [0.15, 0.2) is 48.5 Å². The molecule has 2 saturated carbocycles. The highest BCUT2D eigenvalue weighted by Crippen LogP contribution is 2.56. The third-order valence-electron chi connectivity index (χ3n) is 7.37. The lowest BCUT2D eigenvalue weighted by Gasteiger charge is -2.27. The van der Waals surface area contributed by atoms with Gasteiger partial charge < -0.3 is 5.32 Å². The van der Waals surface area contributed by atoms with Gasteiger partial charge in [0.25, 0.3) is 0 Å². The van der Waals surface area contributed by atoms with Crippen LogP contribution in [0.3, 0.4) is 0 Å². The largest absolute Gasteiger partial charge is 0.324 e. The second-order valence-corrected chi connectivity index (χ2v) is 9.45. The van der Waals surface area contributed by atoms with Crippen LogP contribution in [0.2, 0.25) is 5.02 Å². The molecule has 1 aliphatic heterocycles. The highest BCUT2D eigenvalue weighted by molar-refractivity contribution is 6.31. The molecule has 31 heavy (non-hydrogen) atoms. The number of anilines is 1. The van der Waals surface area contributed by atoms with Crippen LogP contribution in [0.5, 0.6) is 0 Å². The van der Waals surface area contributed by atoms with Gasteiger partial charge in [-0.15, -0.1) is 0 Å². The van der Waals surface area contributed by atoms with Crippen LogP contribution in [-0.4, -0.2) is 28.7 Å². The Kier molecular flexibility index (Phi) is 5.09. The molecule has 0 unspecified atom stereocenters. The van der Waals surface area contributed by atoms with Crippen LogP contribution >= 0.6 is 11.6 Å². The molecule has 1 N–H and O–H groups in total. The Hall–Kier alpha value is -2.66. The number of benzene rings is 2. The Morgan fingerprint density at radius 2 is 1.68 bits per heavy atom. The lowest BCUT2D eigenvalue weighted by Crippen LogP contribution is -2.49. The predicted octanol–water partition coefficient (Wildman–Crippen LogP) is 4.23. The monoisotopic (exact) mass is 436 g/mol. The normalized spacial score (nSPS) is 27.5. The van der Waals surface area contributed by atoms with E-state index in [1.165, 1.54) is 4.90 Å². The lowest BCUT2D eigenvalue weighted by molar-refractivity contribution is -0.147. The summed E-state index contributed by atoms with van der Waals surface area (Å²) in [6.07, 6.45) is 3.28. The molecule has 5 rings (SSSR count). The summed E-state index contributed by atoms with van der Waals surface area (Å²) in [5.41, 5.74) is 2.26. The minimum atomic E-state index is -0.884. The van der Waals surface area contributed by atoms with Crippen molar-refractivity contribution in [1.82, 2.24) is 4.90 Å². The van der Waals surface area contributed by atoms with E-state index >= 15 is 0 Å². The summed E-state index contributed by atoms with van der Waals surface area (Å²) in [5.74, 6) is -0.611. The zero-order valence-corrected chi connectivity index (χ0v) is 18.1. The first kappa shape index (κ1) is 20.3. The molecule has 0 aromatic heterocycles. The van der Waals surface area contributed by atoms with Crippen molar-refractivity contribution in [3.63, 3.8) is 0 Å². The van der Waals surface area contributed by atoms with E-state index in [0.29, 0.717) is 17.1 Å². The van der Waals surface area contributed by atoms with Crippen LogP contribution in [0.1, 0.15) is 30.4 Å². The summed E-state index contributed by atoms with van der Waals surface area (Å²) in [6.45, 7) is 1.83. The summed E-state index contributed by atoms with van der Waals surface area (Å²) in [4.78, 5) is 41.5. The zero-order chi connectivity index (χ0) is 21.7. The van der Waals surface area contributed by atoms with Crippen molar-refractivity contribution >= 4 is 35.0 Å². The van der Waals surface area contributed by atoms with Crippen molar-refractivity contribution in [2.45, 2.75) is 38.6 Å². The van der Waals surface area contributed by atoms with Gasteiger partial charge in [0.05, 0.1) is 11.8 Å². The summed E-state index contributed by atoms with van der Waals surface area (Å²) in [5, 5.41) is 3.48. The van der Waals surface area contributed by atoms with Crippen molar-refractivity contribution in [1.29, 1.82) is 0 Å². The number of hydrogen-bond acceptors (Lipinski definition) is 3. The van der Waals surface area contributed by atoms with E-state index in [2.05, 4.69) is 5.32 Å². The third kappa shape index (κ3) is 3.35. The summed E-state index contributed by atoms with van der Waals surface area (Å²) in [7, 11) is 0. The first-order valence-corrected chi connectivity index (χ1v) is 11.3. The Morgan fingerprint density at radius 3 is 2.32 bits per heavy atom. The topological polar surface area (TPSA) is 66.5 Å². The number of nitrogens with one attached hydrogen (secondary N) is 1. The average molecular weight is 437 g/mol. The fourth-order valence-electron chi connectivity index (χ4n) is 5.84. The molecule has 3 fully saturated rings. The first-order valence-electron chi connectivity index (χ1n) is 10.9. The van der Waals surface area contributed by atoms with Gasteiger partial charge in [-0.2, -0.15) is 0 Å². The average Bonchev–Trinajstić information content (AvgIpc) is 3.45. The smallest absolute Gasteiger partial charge is 0.248 e. The van der Waals surface area contributed by atoms with Gasteiger partial charge >= 0.3 is 0 Å². The highest BCUT2D eigenvalue weighted by atomic mass is 35.5. The molecule has 3 amide bonds. The van der Waals surface area contributed by atoms with Crippen LogP contribution in [0.4, 0.5) is 5.69 Å². The summed E-state index contributed by atoms with van der Waals surface area (Å²) >= 11 is 6.21. The standard InChI is InChI=1S/C25H25ClN2O3/c1-14-18(26)8-5-9-19(14)27-23(29)20(12-15-6-3-2-4-7-15)28-24(30)21-16-10-11-17(13-16)22(21)25(28)31/h2-9,16-17,20-22H,10-13H2,1H3,(H,27,29)/t16-,17+,20-,21-,22-/m0/s1. The molecule has 5 atom stereocenters. The fourth-order valence-corrected chi connectivity index (χ4v) is 6.01. The molecular formula is C25H25ClN2O3. The number of fused-ring (bicyclic) bond motifs is 5. The van der Waals surface area contributed by atoms with Crippen LogP contribution in [-0.2, 0) is 20.8 Å². The lowest BCUT2D eigenvalue weighted by atomic mass is 9.81. The number of halogens is 1. The van der Waals surface area contributed by atoms with Gasteiger partial charge in [-0.3, -0.25) is 19.3 Å². The third-order valence-corrected chi connectivity index (χ3v) is 7.78. The van der Waals surface area contributed by atoms with Crippen LogP contribution in [0, 0.1) is 30.6 Å². The number of imide groups is 1. The maximum Gasteiger partial charge on any atom is 0.248 e. The number of nitrogens with zero attached hydrogens (tertiary/aromatic N) is 1. The molecule has 2 bridgehead atoms. The van der Waals surface area contributed by atoms with E-state index < -0.39 is 6.04 Å². The molecule has 5 nitrogen and oxygen atoms in total. The number of likely N-dealkylation sites (tertiary alicyclic amines) is 1. The minimum absolute atomic E-state index is 0.166. The van der Waals surface area contributed by atoms with Crippen molar-refractivity contribution < 1.29 is 14.4 Å². The molecule has 6 heteroatoms. The SMILES string of the molecule is Cc1c(Cl)cccc1NC(=O)[C@H](Cc1ccccc1)N1C(=O)[C@H]2[C@@H]3CC[C@@H](C3)[C@@H]2C1=O. The molecule has 3 aliphatic rings. The second kappa shape index (κ2) is 7.79. The van der Waals surface area contributed by atoms with Gasteiger partial charge in [-0.05, 0) is 61.3 Å². The van der Waals surface area contributed by atoms with Gasteiger partial charge in [-0.25, -0.2) is 0 Å². The number of carbonyl (C=O) groups is 3. The number of carbonyl (C=O) groups excluding carboxylic acids is 3. The first-order chi connectivity index (χ1) is 15.0. The molecule has 2 aromatic rings. The number of hydrogen-bond donors (Lipinski definition) is 1. The van der Waals surface area contributed by atoms with Gasteiger partial charge in [0.1, 0.15) is 6.04 Å². The molecule has 2 aromatic carbocycles. The van der Waals surface area contributed by atoms with Gasteiger partial charge in [0, 0.05) is 17.1 Å². The Labute approximate surface area is 186 Å². The summed E-state index contributed by atoms with van der Waals surface area (Å²) < 4.78 is 0. The minimum Gasteiger partial charge on any atom is -0.324 e. The zero-order valence-electron chi connectivity index (χ0n) is 17.4. The maximum atomic E-state index is 13.5. The Bertz CT molecular complexity index is 1030. The Balaban J connectivity index is 1.47. The molecular weight excluding hydrogens is 412 g/mol. The molecule has 0 radical (unpaired) electrons. The molecule has 0 spiro atoms. The molecule has 160 valence electrons. The van der Waals surface area contributed by atoms with E-state index in [1.807, 2.05) is 37.3 Å². The molecule has 1 heterocycles. The van der Waals surface area contributed by atoms with Crippen molar-refractivity contribution in [2.75, 3.05) is 5.32 Å². The second-order valence-electron chi connectivity index (χ2n) is 9.04. The van der Waals surface area contributed by atoms with Crippen LogP contribution in [0.25, 0.3) is 0 Å². The summed E-state index contributed by atoms with van der Waals surface area (Å²) in [6, 6.07) is 14.0. The van der Waals surface area contributed by atoms with Crippen molar-refractivity contribution in [2.24, 2.45) is 23.7 Å². The van der Waals surface area contributed by atoms with E-state index in [0.717, 1.165) is 30.4 Å². The van der Waals surface area contributed by atoms with Crippen molar-refractivity contribution in [3.8, 4) is 0 Å². The molecule has 2 aliphatic carbocycles. The number of rotatable bonds is 5. The van der Waals surface area contributed by atoms with Gasteiger partial charge in [-0.1, -0.05) is 48.0 Å². The van der Waals surface area contributed by atoms with E-state index in [-0.39, 0.29) is 41.4 Å². The Morgan fingerprint density at radius 1 is 1.03 bits per heavy atom. The predicted molar refractivity (Wildman–Crippen MR) is 118 cm³/mol. The van der Waals surface area contributed by atoms with E-state index in [1.54, 1.807) is 18.2 Å². The molecule has 1 saturated heterocycles. The van der Waals surface area contributed by atoms with E-state index in [9.17, 15) is 14.4 Å². The van der Waals surface area contributed by atoms with E-state index in [4.69, 9.17) is 11.6 Å². The van der Waals surface area contributed by atoms with Gasteiger partial charge in [0.2, 0.25) is 17.7 Å². The highest BCUT2D eigenvalue weighted by Gasteiger charge is 2.62. The number of amides is 3. The van der Waals surface area contributed by atoms with Gasteiger partial charge in [0.15, 0.2) is 0 Å². The van der Waals surface area contributed by atoms with Crippen molar-refractivity contribution in [3.05, 3.63) is 64.7 Å². The maximum absolute atomic E-state index is 13.5. The quantitative estimate of drug-likeness (QED) is 0.713.